The molecule has 1 heterocycles. The fraction of sp³-hybridized carbons (Fsp3) is 0.586. The second-order valence-corrected chi connectivity index (χ2v) is 9.89. The molecule has 0 bridgehead atoms. The number of likely N-dealkylation sites (tertiary alicyclic amines) is 1. The first-order valence-electron chi connectivity index (χ1n) is 13.3. The molecule has 0 radical (unpaired) electrons. The predicted molar refractivity (Wildman–Crippen MR) is 140 cm³/mol. The molecular formula is C29H44N2O3. The quantitative estimate of drug-likeness (QED) is 0.231. The van der Waals surface area contributed by atoms with E-state index in [2.05, 4.69) is 28.9 Å². The Bertz CT molecular complexity index is 840. The first kappa shape index (κ1) is 26.4. The number of phenols is 3. The van der Waals surface area contributed by atoms with Crippen LogP contribution in [-0.4, -0.2) is 63.9 Å². The summed E-state index contributed by atoms with van der Waals surface area (Å²) in [7, 11) is 0. The average molecular weight is 469 g/mol. The standard InChI is InChI=1S/C29H44N2O3/c1-2-3-17-30(21-16-25-12-15-28(33)29(34)23-25)18-6-4-5-7-19-31-20-8-9-26(31)22-24-10-13-27(32)14-11-24/h10-15,23,26,32-34H,2-9,16-22H2,1H3. The average Bonchev–Trinajstić information content (AvgIpc) is 3.27. The molecule has 0 aliphatic carbocycles. The zero-order valence-corrected chi connectivity index (χ0v) is 21.0. The third-order valence-corrected chi connectivity index (χ3v) is 7.16. The van der Waals surface area contributed by atoms with E-state index in [0.29, 0.717) is 11.8 Å². The van der Waals surface area contributed by atoms with E-state index in [1.165, 1.54) is 70.0 Å². The lowest BCUT2D eigenvalue weighted by Crippen LogP contribution is -2.32. The molecule has 1 unspecified atom stereocenters. The lowest BCUT2D eigenvalue weighted by Gasteiger charge is -2.25. The molecule has 1 atom stereocenters. The number of phenolic OH excluding ortho intramolecular Hbond substituents is 3. The minimum absolute atomic E-state index is 0.0269. The summed E-state index contributed by atoms with van der Waals surface area (Å²) in [4.78, 5) is 5.23. The van der Waals surface area contributed by atoms with Gasteiger partial charge < -0.3 is 25.1 Å². The third kappa shape index (κ3) is 8.84. The Kier molecular flexibility index (Phi) is 11.0. The molecular weight excluding hydrogens is 424 g/mol. The van der Waals surface area contributed by atoms with Gasteiger partial charge in [0.15, 0.2) is 11.5 Å². The topological polar surface area (TPSA) is 67.2 Å². The number of aromatic hydroxyl groups is 3. The SMILES string of the molecule is CCCCN(CCCCCCN1CCCC1Cc1ccc(O)cc1)CCc1ccc(O)c(O)c1. The minimum atomic E-state index is -0.0489. The van der Waals surface area contributed by atoms with E-state index in [1.54, 1.807) is 24.3 Å². The van der Waals surface area contributed by atoms with Gasteiger partial charge in [-0.3, -0.25) is 0 Å². The molecule has 2 aromatic carbocycles. The molecule has 3 N–H and O–H groups in total. The lowest BCUT2D eigenvalue weighted by molar-refractivity contribution is 0.242. The van der Waals surface area contributed by atoms with Crippen LogP contribution in [0.1, 0.15) is 69.4 Å². The van der Waals surface area contributed by atoms with Crippen LogP contribution in [0.2, 0.25) is 0 Å². The van der Waals surface area contributed by atoms with Crippen molar-refractivity contribution in [2.45, 2.75) is 77.2 Å². The second kappa shape index (κ2) is 14.2. The summed E-state index contributed by atoms with van der Waals surface area (Å²) in [5.74, 6) is 0.271. The predicted octanol–water partition coefficient (Wildman–Crippen LogP) is 5.72. The van der Waals surface area contributed by atoms with E-state index in [-0.39, 0.29) is 11.5 Å². The summed E-state index contributed by atoms with van der Waals surface area (Å²) >= 11 is 0. The van der Waals surface area contributed by atoms with E-state index in [0.717, 1.165) is 38.0 Å². The summed E-state index contributed by atoms with van der Waals surface area (Å²) in [5.41, 5.74) is 2.40. The number of nitrogens with zero attached hydrogens (tertiary/aromatic N) is 2. The van der Waals surface area contributed by atoms with Crippen LogP contribution in [0.4, 0.5) is 0 Å². The minimum Gasteiger partial charge on any atom is -0.508 e. The summed E-state index contributed by atoms with van der Waals surface area (Å²) in [5, 5.41) is 28.7. The van der Waals surface area contributed by atoms with Crippen LogP contribution in [-0.2, 0) is 12.8 Å². The van der Waals surface area contributed by atoms with E-state index in [4.69, 9.17) is 0 Å². The van der Waals surface area contributed by atoms with Gasteiger partial charge in [0.05, 0.1) is 0 Å². The second-order valence-electron chi connectivity index (χ2n) is 9.89. The number of rotatable bonds is 15. The van der Waals surface area contributed by atoms with Gasteiger partial charge in [-0.25, -0.2) is 0 Å². The van der Waals surface area contributed by atoms with Crippen molar-refractivity contribution >= 4 is 0 Å². The normalized spacial score (nSPS) is 16.5. The van der Waals surface area contributed by atoms with Crippen molar-refractivity contribution in [3.8, 4) is 17.2 Å². The van der Waals surface area contributed by atoms with Gasteiger partial charge in [-0.1, -0.05) is 44.4 Å². The zero-order chi connectivity index (χ0) is 24.2. The van der Waals surface area contributed by atoms with Crippen LogP contribution in [0.25, 0.3) is 0 Å². The van der Waals surface area contributed by atoms with Crippen molar-refractivity contribution in [1.29, 1.82) is 0 Å². The zero-order valence-electron chi connectivity index (χ0n) is 21.0. The Morgan fingerprint density at radius 3 is 2.32 bits per heavy atom. The Labute approximate surface area is 206 Å². The fourth-order valence-electron chi connectivity index (χ4n) is 5.06. The van der Waals surface area contributed by atoms with Gasteiger partial charge in [0.1, 0.15) is 5.75 Å². The Morgan fingerprint density at radius 1 is 0.824 bits per heavy atom. The molecule has 34 heavy (non-hydrogen) atoms. The van der Waals surface area contributed by atoms with Gasteiger partial charge in [-0.05, 0) is 107 Å². The summed E-state index contributed by atoms with van der Waals surface area (Å²) in [6.45, 7) is 7.93. The maximum atomic E-state index is 9.73. The fourth-order valence-corrected chi connectivity index (χ4v) is 5.06. The van der Waals surface area contributed by atoms with Crippen LogP contribution in [0.5, 0.6) is 17.2 Å². The van der Waals surface area contributed by atoms with Crippen molar-refractivity contribution in [2.24, 2.45) is 0 Å². The van der Waals surface area contributed by atoms with Crippen LogP contribution in [0.15, 0.2) is 42.5 Å². The highest BCUT2D eigenvalue weighted by Gasteiger charge is 2.23. The first-order chi connectivity index (χ1) is 16.5. The van der Waals surface area contributed by atoms with Crippen molar-refractivity contribution in [3.05, 3.63) is 53.6 Å². The molecule has 3 rings (SSSR count). The molecule has 2 aromatic rings. The van der Waals surface area contributed by atoms with Gasteiger partial charge in [-0.2, -0.15) is 0 Å². The van der Waals surface area contributed by atoms with Crippen molar-refractivity contribution < 1.29 is 15.3 Å². The summed E-state index contributed by atoms with van der Waals surface area (Å²) < 4.78 is 0. The molecule has 1 fully saturated rings. The Balaban J connectivity index is 1.32. The maximum Gasteiger partial charge on any atom is 0.157 e. The van der Waals surface area contributed by atoms with Crippen LogP contribution >= 0.6 is 0 Å². The smallest absolute Gasteiger partial charge is 0.157 e. The van der Waals surface area contributed by atoms with Gasteiger partial charge >= 0.3 is 0 Å². The van der Waals surface area contributed by atoms with Crippen LogP contribution in [0, 0.1) is 0 Å². The van der Waals surface area contributed by atoms with Crippen molar-refractivity contribution in [2.75, 3.05) is 32.7 Å². The van der Waals surface area contributed by atoms with Crippen LogP contribution in [0.3, 0.4) is 0 Å². The lowest BCUT2D eigenvalue weighted by atomic mass is 10.0. The highest BCUT2D eigenvalue weighted by Crippen LogP contribution is 2.25. The summed E-state index contributed by atoms with van der Waals surface area (Å²) in [6, 6.07) is 13.5. The monoisotopic (exact) mass is 468 g/mol. The van der Waals surface area contributed by atoms with Gasteiger partial charge in [0, 0.05) is 12.6 Å². The molecule has 1 aliphatic rings. The molecule has 5 nitrogen and oxygen atoms in total. The largest absolute Gasteiger partial charge is 0.508 e. The van der Waals surface area contributed by atoms with E-state index < -0.39 is 0 Å². The van der Waals surface area contributed by atoms with Gasteiger partial charge in [0.2, 0.25) is 0 Å². The number of benzene rings is 2. The number of hydrogen-bond acceptors (Lipinski definition) is 5. The van der Waals surface area contributed by atoms with Crippen molar-refractivity contribution in [1.82, 2.24) is 9.80 Å². The van der Waals surface area contributed by atoms with Crippen LogP contribution < -0.4 is 0 Å². The molecule has 5 heteroatoms. The summed E-state index contributed by atoms with van der Waals surface area (Å²) in [6.07, 6.45) is 12.1. The molecule has 0 spiro atoms. The highest BCUT2D eigenvalue weighted by molar-refractivity contribution is 5.40. The third-order valence-electron chi connectivity index (χ3n) is 7.16. The van der Waals surface area contributed by atoms with E-state index in [9.17, 15) is 15.3 Å². The Hall–Kier alpha value is -2.24. The molecule has 1 aliphatic heterocycles. The van der Waals surface area contributed by atoms with Gasteiger partial charge in [-0.15, -0.1) is 0 Å². The Morgan fingerprint density at radius 2 is 1.56 bits per heavy atom. The maximum absolute atomic E-state index is 9.73. The molecule has 1 saturated heterocycles. The molecule has 188 valence electrons. The highest BCUT2D eigenvalue weighted by atomic mass is 16.3. The number of unbranched alkanes of at least 4 members (excludes halogenated alkanes) is 4. The van der Waals surface area contributed by atoms with Crippen molar-refractivity contribution in [3.63, 3.8) is 0 Å². The van der Waals surface area contributed by atoms with E-state index >= 15 is 0 Å². The van der Waals surface area contributed by atoms with Gasteiger partial charge in [0.25, 0.3) is 0 Å². The first-order valence-corrected chi connectivity index (χ1v) is 13.3. The molecule has 0 amide bonds. The number of hydrogen-bond donors (Lipinski definition) is 3. The molecule has 0 saturated carbocycles. The van der Waals surface area contributed by atoms with E-state index in [1.807, 2.05) is 6.07 Å². The molecule has 0 aromatic heterocycles.